The molecule has 0 unspecified atom stereocenters. The Bertz CT molecular complexity index is 1080. The van der Waals surface area contributed by atoms with Crippen molar-refractivity contribution in [3.8, 4) is 22.1 Å². The lowest BCUT2D eigenvalue weighted by molar-refractivity contribution is 0.600. The number of nitrogens with zero attached hydrogens (tertiary/aromatic N) is 5. The summed E-state index contributed by atoms with van der Waals surface area (Å²) in [6.07, 6.45) is 5.77. The Hall–Kier alpha value is -3.00. The van der Waals surface area contributed by atoms with Gasteiger partial charge in [-0.3, -0.25) is 0 Å². The van der Waals surface area contributed by atoms with E-state index in [0.717, 1.165) is 46.6 Å². The smallest absolute Gasteiger partial charge is 0.143 e. The number of aromatic nitrogens is 5. The average molecular weight is 383 g/mol. The lowest BCUT2D eigenvalue weighted by Gasteiger charge is -2.11. The Balaban J connectivity index is 1.70. The van der Waals surface area contributed by atoms with Gasteiger partial charge in [0.05, 0.1) is 17.8 Å². The number of rotatable bonds is 5. The third-order valence-electron chi connectivity index (χ3n) is 4.20. The van der Waals surface area contributed by atoms with Crippen molar-refractivity contribution in [2.45, 2.75) is 19.9 Å². The van der Waals surface area contributed by atoms with Crippen molar-refractivity contribution in [2.24, 2.45) is 0 Å². The number of imidazole rings is 1. The van der Waals surface area contributed by atoms with Crippen molar-refractivity contribution >= 4 is 11.3 Å². The van der Waals surface area contributed by atoms with Crippen molar-refractivity contribution in [1.82, 2.24) is 24.7 Å². The van der Waals surface area contributed by atoms with E-state index in [1.807, 2.05) is 18.4 Å². The largest absolute Gasteiger partial charge is 0.325 e. The van der Waals surface area contributed by atoms with E-state index in [9.17, 15) is 8.78 Å². The van der Waals surface area contributed by atoms with E-state index in [2.05, 4.69) is 20.2 Å². The lowest BCUT2D eigenvalue weighted by atomic mass is 10.1. The molecule has 0 aliphatic rings. The molecule has 0 saturated carbocycles. The maximum atomic E-state index is 14.2. The van der Waals surface area contributed by atoms with E-state index in [1.54, 1.807) is 23.2 Å². The number of thiazole rings is 1. The number of aryl methyl sites for hydroxylation is 1. The van der Waals surface area contributed by atoms with Crippen LogP contribution in [-0.2, 0) is 13.0 Å². The van der Waals surface area contributed by atoms with Crippen LogP contribution in [0.3, 0.4) is 0 Å². The second kappa shape index (κ2) is 7.32. The first kappa shape index (κ1) is 17.4. The zero-order valence-corrected chi connectivity index (χ0v) is 15.2. The molecule has 4 aromatic rings. The maximum absolute atomic E-state index is 14.2. The molecule has 136 valence electrons. The van der Waals surface area contributed by atoms with Gasteiger partial charge in [-0.1, -0.05) is 6.92 Å². The van der Waals surface area contributed by atoms with Crippen LogP contribution in [0.15, 0.2) is 48.2 Å². The van der Waals surface area contributed by atoms with E-state index in [4.69, 9.17) is 0 Å². The molecule has 27 heavy (non-hydrogen) atoms. The minimum absolute atomic E-state index is 0.116. The molecule has 0 atom stereocenters. The van der Waals surface area contributed by atoms with E-state index >= 15 is 0 Å². The topological polar surface area (TPSA) is 56.5 Å². The van der Waals surface area contributed by atoms with Crippen molar-refractivity contribution in [1.29, 1.82) is 0 Å². The highest BCUT2D eigenvalue weighted by Crippen LogP contribution is 2.25. The summed E-state index contributed by atoms with van der Waals surface area (Å²) < 4.78 is 29.5. The second-order valence-corrected chi connectivity index (χ2v) is 6.79. The van der Waals surface area contributed by atoms with Crippen molar-refractivity contribution < 1.29 is 8.78 Å². The summed E-state index contributed by atoms with van der Waals surface area (Å²) >= 11 is 1.50. The number of benzene rings is 1. The Morgan fingerprint density at radius 2 is 1.96 bits per heavy atom. The number of halogens is 2. The van der Waals surface area contributed by atoms with E-state index in [-0.39, 0.29) is 5.56 Å². The number of hydrogen-bond acceptors (Lipinski definition) is 5. The Morgan fingerprint density at radius 3 is 2.74 bits per heavy atom. The SMILES string of the molecule is CCc1cc(-c2nccs2)nnc1Cn1ccnc1-c1cc(F)ccc1F. The summed E-state index contributed by atoms with van der Waals surface area (Å²) in [5, 5.41) is 11.3. The summed E-state index contributed by atoms with van der Waals surface area (Å²) in [4.78, 5) is 8.46. The highest BCUT2D eigenvalue weighted by molar-refractivity contribution is 7.13. The summed E-state index contributed by atoms with van der Waals surface area (Å²) in [5.41, 5.74) is 2.63. The Kier molecular flexibility index (Phi) is 4.72. The van der Waals surface area contributed by atoms with Crippen molar-refractivity contribution in [2.75, 3.05) is 0 Å². The van der Waals surface area contributed by atoms with Crippen molar-refractivity contribution in [3.63, 3.8) is 0 Å². The van der Waals surface area contributed by atoms with Gasteiger partial charge in [0.2, 0.25) is 0 Å². The zero-order valence-electron chi connectivity index (χ0n) is 14.4. The average Bonchev–Trinajstić information content (AvgIpc) is 3.36. The van der Waals surface area contributed by atoms with Crippen LogP contribution in [0.2, 0.25) is 0 Å². The highest BCUT2D eigenvalue weighted by Gasteiger charge is 2.15. The Labute approximate surface area is 158 Å². The first-order valence-corrected chi connectivity index (χ1v) is 9.25. The molecular formula is C19H15F2N5S. The predicted octanol–water partition coefficient (Wildman–Crippen LogP) is 4.35. The number of hydrogen-bond donors (Lipinski definition) is 0. The van der Waals surface area contributed by atoms with Gasteiger partial charge in [-0.15, -0.1) is 16.4 Å². The molecule has 4 rings (SSSR count). The minimum Gasteiger partial charge on any atom is -0.325 e. The van der Waals surface area contributed by atoms with Crippen LogP contribution in [0, 0.1) is 11.6 Å². The summed E-state index contributed by atoms with van der Waals surface area (Å²) in [7, 11) is 0. The quantitative estimate of drug-likeness (QED) is 0.514. The van der Waals surface area contributed by atoms with Crippen LogP contribution < -0.4 is 0 Å². The molecule has 3 aromatic heterocycles. The molecule has 1 aromatic carbocycles. The molecule has 0 N–H and O–H groups in total. The second-order valence-electron chi connectivity index (χ2n) is 5.90. The minimum atomic E-state index is -0.523. The zero-order chi connectivity index (χ0) is 18.8. The van der Waals surface area contributed by atoms with E-state index < -0.39 is 11.6 Å². The molecule has 0 aliphatic carbocycles. The van der Waals surface area contributed by atoms with Crippen LogP contribution in [0.4, 0.5) is 8.78 Å². The molecule has 0 saturated heterocycles. The fraction of sp³-hybridized carbons (Fsp3) is 0.158. The van der Waals surface area contributed by atoms with Gasteiger partial charge in [0.1, 0.15) is 28.2 Å². The lowest BCUT2D eigenvalue weighted by Crippen LogP contribution is -2.08. The summed E-state index contributed by atoms with van der Waals surface area (Å²) in [6.45, 7) is 2.40. The van der Waals surface area contributed by atoms with Gasteiger partial charge in [0.25, 0.3) is 0 Å². The molecule has 5 nitrogen and oxygen atoms in total. The monoisotopic (exact) mass is 383 g/mol. The van der Waals surface area contributed by atoms with Gasteiger partial charge in [-0.25, -0.2) is 18.7 Å². The van der Waals surface area contributed by atoms with Gasteiger partial charge in [-0.05, 0) is 36.2 Å². The molecule has 0 fully saturated rings. The third kappa shape index (κ3) is 3.48. The molecular weight excluding hydrogens is 368 g/mol. The molecule has 3 heterocycles. The first-order valence-electron chi connectivity index (χ1n) is 8.37. The van der Waals surface area contributed by atoms with E-state index in [1.165, 1.54) is 11.3 Å². The van der Waals surface area contributed by atoms with Crippen LogP contribution in [0.5, 0.6) is 0 Å². The highest BCUT2D eigenvalue weighted by atomic mass is 32.1. The van der Waals surface area contributed by atoms with Crippen LogP contribution in [-0.4, -0.2) is 24.7 Å². The van der Waals surface area contributed by atoms with Gasteiger partial charge >= 0.3 is 0 Å². The van der Waals surface area contributed by atoms with Gasteiger partial charge in [0.15, 0.2) is 0 Å². The van der Waals surface area contributed by atoms with Crippen LogP contribution in [0.25, 0.3) is 22.1 Å². The third-order valence-corrected chi connectivity index (χ3v) is 4.99. The maximum Gasteiger partial charge on any atom is 0.143 e. The van der Waals surface area contributed by atoms with Crippen molar-refractivity contribution in [3.05, 3.63) is 71.1 Å². The fourth-order valence-electron chi connectivity index (χ4n) is 2.86. The molecule has 0 bridgehead atoms. The molecule has 0 spiro atoms. The predicted molar refractivity (Wildman–Crippen MR) is 99.2 cm³/mol. The van der Waals surface area contributed by atoms with E-state index in [0.29, 0.717) is 12.4 Å². The van der Waals surface area contributed by atoms with Gasteiger partial charge in [0, 0.05) is 24.0 Å². The Morgan fingerprint density at radius 1 is 1.07 bits per heavy atom. The molecule has 0 radical (unpaired) electrons. The normalized spacial score (nSPS) is 11.1. The first-order chi connectivity index (χ1) is 13.2. The molecule has 8 heteroatoms. The molecule has 0 amide bonds. The fourth-order valence-corrected chi connectivity index (χ4v) is 3.45. The summed E-state index contributed by atoms with van der Waals surface area (Å²) in [6, 6.07) is 5.31. The standard InChI is InChI=1S/C19H15F2N5S/c1-2-12-9-16(19-23-6-8-27-19)24-25-17(12)11-26-7-5-22-18(26)14-10-13(20)3-4-15(14)21/h3-10H,2,11H2,1H3. The van der Waals surface area contributed by atoms with Gasteiger partial charge in [-0.2, -0.15) is 5.10 Å². The van der Waals surface area contributed by atoms with Crippen LogP contribution in [0.1, 0.15) is 18.2 Å². The van der Waals surface area contributed by atoms with Crippen LogP contribution >= 0.6 is 11.3 Å². The molecule has 0 aliphatic heterocycles. The summed E-state index contributed by atoms with van der Waals surface area (Å²) in [5.74, 6) is -0.688. The van der Waals surface area contributed by atoms with Gasteiger partial charge < -0.3 is 4.57 Å².